The fraction of sp³-hybridized carbons (Fsp3) is 0.300. The van der Waals surface area contributed by atoms with Crippen LogP contribution in [0.25, 0.3) is 11.3 Å². The summed E-state index contributed by atoms with van der Waals surface area (Å²) >= 11 is 0. The zero-order valence-electron chi connectivity index (χ0n) is 14.5. The van der Waals surface area contributed by atoms with E-state index >= 15 is 0 Å². The third kappa shape index (κ3) is 2.67. The number of fused-ring (bicyclic) bond motifs is 3. The number of anilines is 2. The van der Waals surface area contributed by atoms with Crippen LogP contribution >= 0.6 is 0 Å². The molecule has 2 aliphatic rings. The van der Waals surface area contributed by atoms with Gasteiger partial charge in [0.05, 0.1) is 5.69 Å². The van der Waals surface area contributed by atoms with Gasteiger partial charge in [0.25, 0.3) is 0 Å². The molecule has 26 heavy (non-hydrogen) atoms. The lowest BCUT2D eigenvalue weighted by molar-refractivity contribution is 0.630. The van der Waals surface area contributed by atoms with Crippen molar-refractivity contribution >= 4 is 11.8 Å². The van der Waals surface area contributed by atoms with Crippen LogP contribution in [0, 0.1) is 0 Å². The Kier molecular flexibility index (Phi) is 3.74. The van der Waals surface area contributed by atoms with E-state index in [1.165, 1.54) is 16.7 Å². The fourth-order valence-electron chi connectivity index (χ4n) is 3.82. The highest BCUT2D eigenvalue weighted by Gasteiger charge is 2.23. The molecule has 0 radical (unpaired) electrons. The number of aromatic nitrogens is 4. The highest BCUT2D eigenvalue weighted by atomic mass is 15.3. The van der Waals surface area contributed by atoms with E-state index in [9.17, 15) is 0 Å². The van der Waals surface area contributed by atoms with Crippen molar-refractivity contribution < 1.29 is 0 Å². The highest BCUT2D eigenvalue weighted by Crippen LogP contribution is 2.32. The molecule has 0 amide bonds. The van der Waals surface area contributed by atoms with E-state index in [-0.39, 0.29) is 0 Å². The molecule has 0 unspecified atom stereocenters. The van der Waals surface area contributed by atoms with Crippen LogP contribution in [0.4, 0.5) is 11.8 Å². The molecule has 0 spiro atoms. The maximum absolute atomic E-state index is 4.58. The summed E-state index contributed by atoms with van der Waals surface area (Å²) in [6.07, 6.45) is 5.70. The maximum Gasteiger partial charge on any atom is 0.225 e. The van der Waals surface area contributed by atoms with Crippen LogP contribution in [0.15, 0.2) is 48.8 Å². The van der Waals surface area contributed by atoms with Gasteiger partial charge in [-0.25, -0.2) is 9.97 Å². The summed E-state index contributed by atoms with van der Waals surface area (Å²) in [7, 11) is 0. The first-order chi connectivity index (χ1) is 12.9. The van der Waals surface area contributed by atoms with Gasteiger partial charge >= 0.3 is 0 Å². The van der Waals surface area contributed by atoms with Crippen LogP contribution in [-0.4, -0.2) is 46.3 Å². The first kappa shape index (κ1) is 15.3. The molecule has 3 aromatic rings. The molecule has 3 heterocycles. The molecule has 1 saturated heterocycles. The Morgan fingerprint density at radius 2 is 1.46 bits per heavy atom. The van der Waals surface area contributed by atoms with Crippen LogP contribution in [0.5, 0.6) is 0 Å². The molecule has 1 fully saturated rings. The minimum absolute atomic E-state index is 0.806. The first-order valence-corrected chi connectivity index (χ1v) is 9.10. The number of nitrogens with zero attached hydrogens (tertiary/aromatic N) is 6. The number of aryl methyl sites for hydroxylation is 2. The Balaban J connectivity index is 1.35. The summed E-state index contributed by atoms with van der Waals surface area (Å²) < 4.78 is 0. The van der Waals surface area contributed by atoms with Crippen LogP contribution < -0.4 is 9.80 Å². The molecule has 1 aliphatic carbocycles. The molecule has 1 aromatic carbocycles. The van der Waals surface area contributed by atoms with E-state index < -0.39 is 0 Å². The van der Waals surface area contributed by atoms with E-state index in [0.29, 0.717) is 0 Å². The van der Waals surface area contributed by atoms with Crippen molar-refractivity contribution in [2.75, 3.05) is 36.0 Å². The van der Waals surface area contributed by atoms with E-state index in [2.05, 4.69) is 60.3 Å². The third-order valence-corrected chi connectivity index (χ3v) is 5.23. The summed E-state index contributed by atoms with van der Waals surface area (Å²) in [6, 6.07) is 12.6. The monoisotopic (exact) mass is 344 g/mol. The third-order valence-electron chi connectivity index (χ3n) is 5.23. The number of hydrogen-bond donors (Lipinski definition) is 0. The van der Waals surface area contributed by atoms with Crippen molar-refractivity contribution in [3.8, 4) is 11.3 Å². The van der Waals surface area contributed by atoms with Crippen molar-refractivity contribution in [1.29, 1.82) is 0 Å². The van der Waals surface area contributed by atoms with Gasteiger partial charge in [0.2, 0.25) is 5.95 Å². The van der Waals surface area contributed by atoms with Gasteiger partial charge in [-0.1, -0.05) is 24.3 Å². The summed E-state index contributed by atoms with van der Waals surface area (Å²) in [4.78, 5) is 13.2. The molecule has 1 aliphatic heterocycles. The smallest absolute Gasteiger partial charge is 0.225 e. The Labute approximate surface area is 152 Å². The zero-order chi connectivity index (χ0) is 17.3. The molecule has 0 atom stereocenters. The van der Waals surface area contributed by atoms with Gasteiger partial charge in [-0.2, -0.15) is 0 Å². The summed E-state index contributed by atoms with van der Waals surface area (Å²) in [5, 5.41) is 9.12. The van der Waals surface area contributed by atoms with Gasteiger partial charge in [-0.15, -0.1) is 10.2 Å². The summed E-state index contributed by atoms with van der Waals surface area (Å²) in [5.74, 6) is 1.79. The average molecular weight is 344 g/mol. The summed E-state index contributed by atoms with van der Waals surface area (Å²) in [6.45, 7) is 3.60. The van der Waals surface area contributed by atoms with Crippen LogP contribution in [0.1, 0.15) is 11.1 Å². The summed E-state index contributed by atoms with van der Waals surface area (Å²) in [5.41, 5.74) is 4.96. The first-order valence-electron chi connectivity index (χ1n) is 9.10. The van der Waals surface area contributed by atoms with Gasteiger partial charge in [0, 0.05) is 44.1 Å². The second-order valence-electron chi connectivity index (χ2n) is 6.76. The molecule has 0 N–H and O–H groups in total. The van der Waals surface area contributed by atoms with E-state index in [1.807, 2.05) is 6.07 Å². The number of benzene rings is 1. The van der Waals surface area contributed by atoms with Crippen molar-refractivity contribution in [3.05, 3.63) is 59.9 Å². The van der Waals surface area contributed by atoms with Crippen molar-refractivity contribution in [1.82, 2.24) is 20.2 Å². The Bertz CT molecular complexity index is 919. The average Bonchev–Trinajstić information content (AvgIpc) is 2.74. The largest absolute Gasteiger partial charge is 0.352 e. The van der Waals surface area contributed by atoms with Crippen molar-refractivity contribution in [2.45, 2.75) is 12.8 Å². The molecule has 6 nitrogen and oxygen atoms in total. The molecular weight excluding hydrogens is 324 g/mol. The van der Waals surface area contributed by atoms with Gasteiger partial charge in [-0.3, -0.25) is 0 Å². The van der Waals surface area contributed by atoms with E-state index in [0.717, 1.165) is 56.5 Å². The van der Waals surface area contributed by atoms with Crippen LogP contribution in [0.2, 0.25) is 0 Å². The molecule has 6 heteroatoms. The Morgan fingerprint density at radius 3 is 2.31 bits per heavy atom. The predicted molar refractivity (Wildman–Crippen MR) is 101 cm³/mol. The predicted octanol–water partition coefficient (Wildman–Crippen LogP) is 2.36. The number of hydrogen-bond acceptors (Lipinski definition) is 6. The number of piperazine rings is 1. The number of rotatable bonds is 2. The second kappa shape index (κ2) is 6.37. The lowest BCUT2D eigenvalue weighted by atomic mass is 9.89. The molecule has 2 aromatic heterocycles. The van der Waals surface area contributed by atoms with Gasteiger partial charge in [0.15, 0.2) is 5.82 Å². The fourth-order valence-corrected chi connectivity index (χ4v) is 3.82. The lowest BCUT2D eigenvalue weighted by Gasteiger charge is -2.35. The van der Waals surface area contributed by atoms with Gasteiger partial charge < -0.3 is 9.80 Å². The van der Waals surface area contributed by atoms with Crippen molar-refractivity contribution in [2.24, 2.45) is 0 Å². The zero-order valence-corrected chi connectivity index (χ0v) is 14.5. The topological polar surface area (TPSA) is 58.0 Å². The van der Waals surface area contributed by atoms with Gasteiger partial charge in [0.1, 0.15) is 0 Å². The van der Waals surface area contributed by atoms with Crippen molar-refractivity contribution in [3.63, 3.8) is 0 Å². The molecule has 0 bridgehead atoms. The molecular formula is C20H20N6. The minimum Gasteiger partial charge on any atom is -0.352 e. The maximum atomic E-state index is 4.58. The second-order valence-corrected chi connectivity index (χ2v) is 6.76. The van der Waals surface area contributed by atoms with E-state index in [4.69, 9.17) is 0 Å². The lowest BCUT2D eigenvalue weighted by Crippen LogP contribution is -2.47. The van der Waals surface area contributed by atoms with E-state index in [1.54, 1.807) is 12.4 Å². The normalized spacial score (nSPS) is 16.2. The molecule has 0 saturated carbocycles. The van der Waals surface area contributed by atoms with Crippen LogP contribution in [-0.2, 0) is 12.8 Å². The highest BCUT2D eigenvalue weighted by molar-refractivity contribution is 5.70. The SMILES string of the molecule is c1cnc(N2CCN(c3cc4c(nn3)-c3ccccc3CC4)CC2)nc1. The Morgan fingerprint density at radius 1 is 0.731 bits per heavy atom. The molecule has 130 valence electrons. The quantitative estimate of drug-likeness (QED) is 0.711. The minimum atomic E-state index is 0.806. The van der Waals surface area contributed by atoms with Crippen LogP contribution in [0.3, 0.4) is 0 Å². The molecule has 5 rings (SSSR count). The van der Waals surface area contributed by atoms with Gasteiger partial charge in [-0.05, 0) is 36.1 Å². The standard InChI is InChI=1S/C20H20N6/c1-2-5-17-15(4-1)6-7-16-14-18(23-24-19(16)17)25-10-12-26(13-11-25)20-21-8-3-9-22-20/h1-5,8-9,14H,6-7,10-13H2. The Hall–Kier alpha value is -3.02.